The van der Waals surface area contributed by atoms with Gasteiger partial charge < -0.3 is 10.2 Å². The highest BCUT2D eigenvalue weighted by molar-refractivity contribution is 7.15. The minimum Gasteiger partial charge on any atom is -0.508 e. The molecule has 0 aliphatic heterocycles. The molecule has 4 nitrogen and oxygen atoms in total. The predicted molar refractivity (Wildman–Crippen MR) is 91.0 cm³/mol. The summed E-state index contributed by atoms with van der Waals surface area (Å²) in [6.07, 6.45) is -0.115. The van der Waals surface area contributed by atoms with E-state index in [2.05, 4.69) is 4.98 Å². The SMILES string of the molecule is O=C(O)Cc1sc(-c2ccc(O)cc2)nc1-c1ccccc1Cl. The fourth-order valence-corrected chi connectivity index (χ4v) is 3.50. The first kappa shape index (κ1) is 15.5. The number of benzene rings is 2. The van der Waals surface area contributed by atoms with Crippen molar-refractivity contribution in [3.63, 3.8) is 0 Å². The average Bonchev–Trinajstić information content (AvgIpc) is 2.91. The van der Waals surface area contributed by atoms with Crippen LogP contribution in [0.3, 0.4) is 0 Å². The summed E-state index contributed by atoms with van der Waals surface area (Å²) < 4.78 is 0. The molecule has 23 heavy (non-hydrogen) atoms. The molecular formula is C17H12ClNO3S. The lowest BCUT2D eigenvalue weighted by molar-refractivity contribution is -0.136. The first-order valence-corrected chi connectivity index (χ1v) is 8.00. The number of aromatic nitrogens is 1. The third kappa shape index (κ3) is 3.36. The molecule has 116 valence electrons. The number of hydrogen-bond acceptors (Lipinski definition) is 4. The Morgan fingerprint density at radius 1 is 1.13 bits per heavy atom. The van der Waals surface area contributed by atoms with Gasteiger partial charge in [-0.25, -0.2) is 4.98 Å². The lowest BCUT2D eigenvalue weighted by atomic mass is 10.1. The molecule has 3 aromatic rings. The number of hydrogen-bond donors (Lipinski definition) is 2. The van der Waals surface area contributed by atoms with Crippen LogP contribution in [0.5, 0.6) is 5.75 Å². The smallest absolute Gasteiger partial charge is 0.308 e. The minimum absolute atomic E-state index is 0.115. The zero-order chi connectivity index (χ0) is 16.4. The van der Waals surface area contributed by atoms with Crippen molar-refractivity contribution in [1.82, 2.24) is 4.98 Å². The van der Waals surface area contributed by atoms with Crippen LogP contribution >= 0.6 is 22.9 Å². The summed E-state index contributed by atoms with van der Waals surface area (Å²) in [6, 6.07) is 13.9. The summed E-state index contributed by atoms with van der Waals surface area (Å²) in [5.41, 5.74) is 2.12. The second-order valence-electron chi connectivity index (χ2n) is 4.89. The highest BCUT2D eigenvalue weighted by Gasteiger charge is 2.18. The van der Waals surface area contributed by atoms with Crippen molar-refractivity contribution >= 4 is 28.9 Å². The van der Waals surface area contributed by atoms with Gasteiger partial charge >= 0.3 is 5.97 Å². The monoisotopic (exact) mass is 345 g/mol. The second-order valence-corrected chi connectivity index (χ2v) is 6.38. The quantitative estimate of drug-likeness (QED) is 0.732. The Hall–Kier alpha value is -2.37. The van der Waals surface area contributed by atoms with Crippen molar-refractivity contribution < 1.29 is 15.0 Å². The van der Waals surface area contributed by atoms with Crippen molar-refractivity contribution in [1.29, 1.82) is 0 Å². The number of carbonyl (C=O) groups is 1. The van der Waals surface area contributed by atoms with E-state index in [1.807, 2.05) is 18.2 Å². The van der Waals surface area contributed by atoms with Crippen LogP contribution in [0, 0.1) is 0 Å². The highest BCUT2D eigenvalue weighted by Crippen LogP contribution is 2.37. The van der Waals surface area contributed by atoms with Crippen LogP contribution in [0.15, 0.2) is 48.5 Å². The zero-order valence-electron chi connectivity index (χ0n) is 11.9. The van der Waals surface area contributed by atoms with Gasteiger partial charge in [0.1, 0.15) is 10.8 Å². The van der Waals surface area contributed by atoms with Gasteiger partial charge in [-0.15, -0.1) is 11.3 Å². The number of carboxylic acids is 1. The average molecular weight is 346 g/mol. The molecule has 0 fully saturated rings. The maximum absolute atomic E-state index is 11.1. The molecule has 0 spiro atoms. The molecule has 2 aromatic carbocycles. The molecular weight excluding hydrogens is 334 g/mol. The van der Waals surface area contributed by atoms with Gasteiger partial charge in [-0.3, -0.25) is 4.79 Å². The van der Waals surface area contributed by atoms with Crippen molar-refractivity contribution in [2.45, 2.75) is 6.42 Å². The van der Waals surface area contributed by atoms with Gasteiger partial charge in [0.15, 0.2) is 0 Å². The third-order valence-corrected chi connectivity index (χ3v) is 4.69. The second kappa shape index (κ2) is 6.40. The Kier molecular flexibility index (Phi) is 4.32. The third-order valence-electron chi connectivity index (χ3n) is 3.25. The fraction of sp³-hybridized carbons (Fsp3) is 0.0588. The summed E-state index contributed by atoms with van der Waals surface area (Å²) >= 11 is 7.55. The molecule has 1 heterocycles. The summed E-state index contributed by atoms with van der Waals surface area (Å²) in [5, 5.41) is 19.7. The molecule has 0 radical (unpaired) electrons. The van der Waals surface area contributed by atoms with Crippen LogP contribution in [-0.4, -0.2) is 21.2 Å². The molecule has 0 atom stereocenters. The van der Waals surface area contributed by atoms with Gasteiger partial charge in [0, 0.05) is 21.0 Å². The molecule has 0 unspecified atom stereocenters. The molecule has 2 N–H and O–H groups in total. The van der Waals surface area contributed by atoms with Gasteiger partial charge in [-0.2, -0.15) is 0 Å². The van der Waals surface area contributed by atoms with Gasteiger partial charge in [0.25, 0.3) is 0 Å². The lowest BCUT2D eigenvalue weighted by Gasteiger charge is -2.02. The Labute approximate surface area is 141 Å². The molecule has 0 saturated carbocycles. The Balaban J connectivity index is 2.12. The molecule has 3 rings (SSSR count). The van der Waals surface area contributed by atoms with Crippen LogP contribution in [0.25, 0.3) is 21.8 Å². The first-order chi connectivity index (χ1) is 11.0. The topological polar surface area (TPSA) is 70.4 Å². The number of phenolic OH excluding ortho intramolecular Hbond substituents is 1. The summed E-state index contributed by atoms with van der Waals surface area (Å²) in [4.78, 5) is 16.4. The number of carboxylic acid groups (broad SMARTS) is 1. The molecule has 0 aliphatic carbocycles. The largest absolute Gasteiger partial charge is 0.508 e. The van der Waals surface area contributed by atoms with Gasteiger partial charge in [0.2, 0.25) is 0 Å². The van der Waals surface area contributed by atoms with E-state index < -0.39 is 5.97 Å². The van der Waals surface area contributed by atoms with Gasteiger partial charge in [0.05, 0.1) is 12.1 Å². The van der Waals surface area contributed by atoms with E-state index in [4.69, 9.17) is 16.7 Å². The van der Waals surface area contributed by atoms with Gasteiger partial charge in [-0.05, 0) is 30.3 Å². The van der Waals surface area contributed by atoms with Crippen LogP contribution in [0.1, 0.15) is 4.88 Å². The van der Waals surface area contributed by atoms with E-state index in [0.29, 0.717) is 26.2 Å². The molecule has 0 bridgehead atoms. The summed E-state index contributed by atoms with van der Waals surface area (Å²) in [6.45, 7) is 0. The van der Waals surface area contributed by atoms with E-state index >= 15 is 0 Å². The maximum Gasteiger partial charge on any atom is 0.308 e. The Bertz CT molecular complexity index is 859. The number of rotatable bonds is 4. The lowest BCUT2D eigenvalue weighted by Crippen LogP contribution is -1.99. The van der Waals surface area contributed by atoms with Crippen LogP contribution in [0.4, 0.5) is 0 Å². The van der Waals surface area contributed by atoms with Gasteiger partial charge in [-0.1, -0.05) is 29.8 Å². The van der Waals surface area contributed by atoms with Crippen molar-refractivity contribution in [3.8, 4) is 27.6 Å². The number of aromatic hydroxyl groups is 1. The normalized spacial score (nSPS) is 10.7. The molecule has 6 heteroatoms. The van der Waals surface area contributed by atoms with E-state index in [1.54, 1.807) is 30.3 Å². The zero-order valence-corrected chi connectivity index (χ0v) is 13.4. The number of nitrogens with zero attached hydrogens (tertiary/aromatic N) is 1. The summed E-state index contributed by atoms with van der Waals surface area (Å²) in [7, 11) is 0. The van der Waals surface area contributed by atoms with E-state index in [0.717, 1.165) is 5.56 Å². The highest BCUT2D eigenvalue weighted by atomic mass is 35.5. The van der Waals surface area contributed by atoms with Crippen LogP contribution < -0.4 is 0 Å². The standard InChI is InChI=1S/C17H12ClNO3S/c18-13-4-2-1-3-12(13)16-14(9-15(21)22)23-17(19-16)10-5-7-11(20)8-6-10/h1-8,20H,9H2,(H,21,22). The minimum atomic E-state index is -0.917. The van der Waals surface area contributed by atoms with Crippen molar-refractivity contribution in [3.05, 3.63) is 58.4 Å². The fourth-order valence-electron chi connectivity index (χ4n) is 2.20. The molecule has 0 amide bonds. The number of aliphatic carboxylic acids is 1. The summed E-state index contributed by atoms with van der Waals surface area (Å²) in [5.74, 6) is -0.749. The number of phenols is 1. The van der Waals surface area contributed by atoms with Crippen molar-refractivity contribution in [2.75, 3.05) is 0 Å². The van der Waals surface area contributed by atoms with E-state index in [-0.39, 0.29) is 12.2 Å². The molecule has 1 aromatic heterocycles. The van der Waals surface area contributed by atoms with E-state index in [1.165, 1.54) is 11.3 Å². The van der Waals surface area contributed by atoms with Crippen LogP contribution in [0.2, 0.25) is 5.02 Å². The Morgan fingerprint density at radius 3 is 2.48 bits per heavy atom. The predicted octanol–water partition coefficient (Wildman–Crippen LogP) is 4.46. The Morgan fingerprint density at radius 2 is 1.83 bits per heavy atom. The van der Waals surface area contributed by atoms with Crippen LogP contribution in [-0.2, 0) is 11.2 Å². The number of halogens is 1. The first-order valence-electron chi connectivity index (χ1n) is 6.80. The maximum atomic E-state index is 11.1. The van der Waals surface area contributed by atoms with Crippen molar-refractivity contribution in [2.24, 2.45) is 0 Å². The number of thiazole rings is 1. The molecule has 0 saturated heterocycles. The molecule has 0 aliphatic rings. The van der Waals surface area contributed by atoms with E-state index in [9.17, 15) is 9.90 Å².